The molecule has 100 valence electrons. The SMILES string of the molecule is CCCOc1ccnc(NC2CCCC2CO)n1. The smallest absolute Gasteiger partial charge is 0.226 e. The summed E-state index contributed by atoms with van der Waals surface area (Å²) in [5.74, 6) is 1.51. The molecule has 0 spiro atoms. The van der Waals surface area contributed by atoms with Crippen LogP contribution in [0.1, 0.15) is 32.6 Å². The van der Waals surface area contributed by atoms with Crippen molar-refractivity contribution in [2.24, 2.45) is 5.92 Å². The Bertz CT molecular complexity index is 373. The van der Waals surface area contributed by atoms with Crippen LogP contribution in [0.4, 0.5) is 5.95 Å². The Hall–Kier alpha value is -1.36. The second-order valence-electron chi connectivity index (χ2n) is 4.69. The zero-order valence-corrected chi connectivity index (χ0v) is 10.8. The summed E-state index contributed by atoms with van der Waals surface area (Å²) < 4.78 is 5.47. The third-order valence-electron chi connectivity index (χ3n) is 3.29. The van der Waals surface area contributed by atoms with Crippen molar-refractivity contribution in [2.45, 2.75) is 38.6 Å². The molecule has 2 N–H and O–H groups in total. The normalized spacial score (nSPS) is 23.0. The van der Waals surface area contributed by atoms with Crippen LogP contribution in [-0.2, 0) is 0 Å². The molecular weight excluding hydrogens is 230 g/mol. The number of nitrogens with zero attached hydrogens (tertiary/aromatic N) is 2. The predicted molar refractivity (Wildman–Crippen MR) is 69.7 cm³/mol. The molecule has 1 aliphatic carbocycles. The van der Waals surface area contributed by atoms with Gasteiger partial charge in [-0.25, -0.2) is 4.98 Å². The lowest BCUT2D eigenvalue weighted by Crippen LogP contribution is -2.27. The first-order valence-electron chi connectivity index (χ1n) is 6.66. The van der Waals surface area contributed by atoms with Gasteiger partial charge in [-0.05, 0) is 19.3 Å². The number of anilines is 1. The van der Waals surface area contributed by atoms with Crippen LogP contribution < -0.4 is 10.1 Å². The van der Waals surface area contributed by atoms with E-state index in [1.54, 1.807) is 12.3 Å². The quantitative estimate of drug-likeness (QED) is 0.807. The molecule has 0 amide bonds. The van der Waals surface area contributed by atoms with Crippen molar-refractivity contribution < 1.29 is 9.84 Å². The largest absolute Gasteiger partial charge is 0.478 e. The summed E-state index contributed by atoms with van der Waals surface area (Å²) in [4.78, 5) is 8.51. The van der Waals surface area contributed by atoms with E-state index in [1.165, 1.54) is 0 Å². The lowest BCUT2D eigenvalue weighted by atomic mass is 10.1. The van der Waals surface area contributed by atoms with Crippen LogP contribution in [0.3, 0.4) is 0 Å². The minimum Gasteiger partial charge on any atom is -0.478 e. The molecule has 1 heterocycles. The number of hydrogen-bond donors (Lipinski definition) is 2. The predicted octanol–water partition coefficient (Wildman–Crippen LogP) is 1.84. The van der Waals surface area contributed by atoms with Crippen LogP contribution >= 0.6 is 0 Å². The van der Waals surface area contributed by atoms with Gasteiger partial charge in [0.1, 0.15) is 0 Å². The van der Waals surface area contributed by atoms with Crippen LogP contribution in [0.5, 0.6) is 5.88 Å². The van der Waals surface area contributed by atoms with Gasteiger partial charge in [-0.3, -0.25) is 0 Å². The molecule has 0 aromatic carbocycles. The molecule has 1 fully saturated rings. The van der Waals surface area contributed by atoms with E-state index >= 15 is 0 Å². The van der Waals surface area contributed by atoms with Gasteiger partial charge in [-0.2, -0.15) is 4.98 Å². The minimum absolute atomic E-state index is 0.226. The molecule has 0 aliphatic heterocycles. The Kier molecular flexibility index (Phi) is 4.75. The monoisotopic (exact) mass is 251 g/mol. The Balaban J connectivity index is 1.96. The molecule has 1 aromatic rings. The van der Waals surface area contributed by atoms with E-state index in [-0.39, 0.29) is 12.6 Å². The van der Waals surface area contributed by atoms with E-state index in [1.807, 2.05) is 0 Å². The molecule has 1 saturated carbocycles. The third kappa shape index (κ3) is 3.32. The Morgan fingerprint density at radius 1 is 1.50 bits per heavy atom. The van der Waals surface area contributed by atoms with Crippen molar-refractivity contribution in [3.8, 4) is 5.88 Å². The summed E-state index contributed by atoms with van der Waals surface area (Å²) in [6, 6.07) is 2.04. The molecule has 1 aromatic heterocycles. The fourth-order valence-electron chi connectivity index (χ4n) is 2.31. The van der Waals surface area contributed by atoms with Gasteiger partial charge >= 0.3 is 0 Å². The van der Waals surface area contributed by atoms with Crippen molar-refractivity contribution in [3.05, 3.63) is 12.3 Å². The Morgan fingerprint density at radius 2 is 2.39 bits per heavy atom. The number of nitrogens with one attached hydrogen (secondary N) is 1. The van der Waals surface area contributed by atoms with Crippen molar-refractivity contribution in [3.63, 3.8) is 0 Å². The second-order valence-corrected chi connectivity index (χ2v) is 4.69. The van der Waals surface area contributed by atoms with E-state index in [2.05, 4.69) is 22.2 Å². The molecule has 2 unspecified atom stereocenters. The van der Waals surface area contributed by atoms with Gasteiger partial charge in [-0.15, -0.1) is 0 Å². The van der Waals surface area contributed by atoms with E-state index in [9.17, 15) is 5.11 Å². The summed E-state index contributed by atoms with van der Waals surface area (Å²) >= 11 is 0. The van der Waals surface area contributed by atoms with Crippen molar-refractivity contribution in [1.82, 2.24) is 9.97 Å². The maximum absolute atomic E-state index is 9.28. The van der Waals surface area contributed by atoms with Gasteiger partial charge in [0.05, 0.1) is 6.61 Å². The molecule has 2 rings (SSSR count). The highest BCUT2D eigenvalue weighted by Gasteiger charge is 2.27. The maximum atomic E-state index is 9.28. The van der Waals surface area contributed by atoms with Gasteiger partial charge < -0.3 is 15.2 Å². The zero-order chi connectivity index (χ0) is 12.8. The van der Waals surface area contributed by atoms with E-state index in [0.717, 1.165) is 25.7 Å². The minimum atomic E-state index is 0.226. The molecule has 0 bridgehead atoms. The molecule has 5 heteroatoms. The van der Waals surface area contributed by atoms with Gasteiger partial charge in [0.15, 0.2) is 0 Å². The van der Waals surface area contributed by atoms with Crippen LogP contribution in [0.15, 0.2) is 12.3 Å². The first-order valence-corrected chi connectivity index (χ1v) is 6.66. The van der Waals surface area contributed by atoms with Crippen molar-refractivity contribution >= 4 is 5.95 Å². The number of aliphatic hydroxyl groups excluding tert-OH is 1. The van der Waals surface area contributed by atoms with Gasteiger partial charge in [-0.1, -0.05) is 13.3 Å². The topological polar surface area (TPSA) is 67.3 Å². The first-order chi connectivity index (χ1) is 8.83. The number of hydrogen-bond acceptors (Lipinski definition) is 5. The molecule has 0 saturated heterocycles. The summed E-state index contributed by atoms with van der Waals surface area (Å²) in [6.45, 7) is 2.95. The highest BCUT2D eigenvalue weighted by Crippen LogP contribution is 2.27. The summed E-state index contributed by atoms with van der Waals surface area (Å²) in [5, 5.41) is 12.6. The Morgan fingerprint density at radius 3 is 3.17 bits per heavy atom. The third-order valence-corrected chi connectivity index (χ3v) is 3.29. The van der Waals surface area contributed by atoms with E-state index in [0.29, 0.717) is 24.4 Å². The van der Waals surface area contributed by atoms with Gasteiger partial charge in [0.25, 0.3) is 0 Å². The lowest BCUT2D eigenvalue weighted by Gasteiger charge is -2.18. The van der Waals surface area contributed by atoms with Crippen LogP contribution in [0, 0.1) is 5.92 Å². The lowest BCUT2D eigenvalue weighted by molar-refractivity contribution is 0.222. The highest BCUT2D eigenvalue weighted by molar-refractivity contribution is 5.29. The van der Waals surface area contributed by atoms with Crippen LogP contribution in [0.25, 0.3) is 0 Å². The zero-order valence-electron chi connectivity index (χ0n) is 10.8. The number of aromatic nitrogens is 2. The number of ether oxygens (including phenoxy) is 1. The Labute approximate surface area is 108 Å². The standard InChI is InChI=1S/C13H21N3O2/c1-2-8-18-12-6-7-14-13(16-12)15-11-5-3-4-10(11)9-17/h6-7,10-11,17H,2-5,8-9H2,1H3,(H,14,15,16). The molecule has 0 radical (unpaired) electrons. The molecular formula is C13H21N3O2. The highest BCUT2D eigenvalue weighted by atomic mass is 16.5. The van der Waals surface area contributed by atoms with Gasteiger partial charge in [0, 0.05) is 30.8 Å². The van der Waals surface area contributed by atoms with Crippen molar-refractivity contribution in [1.29, 1.82) is 0 Å². The number of rotatable bonds is 6. The van der Waals surface area contributed by atoms with Crippen LogP contribution in [-0.4, -0.2) is 34.3 Å². The summed E-state index contributed by atoms with van der Waals surface area (Å²) in [5.41, 5.74) is 0. The fourth-order valence-corrected chi connectivity index (χ4v) is 2.31. The fraction of sp³-hybridized carbons (Fsp3) is 0.692. The number of aliphatic hydroxyl groups is 1. The maximum Gasteiger partial charge on any atom is 0.226 e. The van der Waals surface area contributed by atoms with Gasteiger partial charge in [0.2, 0.25) is 11.8 Å². The van der Waals surface area contributed by atoms with Crippen molar-refractivity contribution in [2.75, 3.05) is 18.5 Å². The molecule has 2 atom stereocenters. The average molecular weight is 251 g/mol. The first kappa shape index (κ1) is 13.1. The molecule has 5 nitrogen and oxygen atoms in total. The molecule has 18 heavy (non-hydrogen) atoms. The summed E-state index contributed by atoms with van der Waals surface area (Å²) in [7, 11) is 0. The summed E-state index contributed by atoms with van der Waals surface area (Å²) in [6.07, 6.45) is 5.94. The average Bonchev–Trinajstić information content (AvgIpc) is 2.84. The van der Waals surface area contributed by atoms with Crippen LogP contribution in [0.2, 0.25) is 0 Å². The molecule has 1 aliphatic rings. The second kappa shape index (κ2) is 6.54. The van der Waals surface area contributed by atoms with E-state index < -0.39 is 0 Å². The van der Waals surface area contributed by atoms with E-state index in [4.69, 9.17) is 4.74 Å².